The number of amidine groups is 1. The third-order valence-corrected chi connectivity index (χ3v) is 5.10. The molecule has 2 aromatic rings. The Kier molecular flexibility index (Phi) is 5.74. The zero-order chi connectivity index (χ0) is 19.4. The lowest BCUT2D eigenvalue weighted by atomic mass is 10.2. The summed E-state index contributed by atoms with van der Waals surface area (Å²) in [6, 6.07) is 15.5. The molecule has 1 saturated heterocycles. The van der Waals surface area contributed by atoms with Gasteiger partial charge in [0.05, 0.1) is 13.5 Å². The average Bonchev–Trinajstić information content (AvgIpc) is 3.02. The first-order valence-corrected chi connectivity index (χ1v) is 9.07. The molecule has 1 unspecified atom stereocenters. The van der Waals surface area contributed by atoms with Crippen molar-refractivity contribution in [3.05, 3.63) is 60.2 Å². The topological polar surface area (TPSA) is 41.9 Å². The Morgan fingerprint density at radius 1 is 1.22 bits per heavy atom. The van der Waals surface area contributed by atoms with Gasteiger partial charge in [0.25, 0.3) is 5.91 Å². The number of methoxy groups -OCH3 is 1. The quantitative estimate of drug-likeness (QED) is 0.749. The molecule has 1 aliphatic heterocycles. The number of hydrogen-bond donors (Lipinski definition) is 0. The van der Waals surface area contributed by atoms with Gasteiger partial charge in [0, 0.05) is 23.0 Å². The summed E-state index contributed by atoms with van der Waals surface area (Å²) in [5, 5.41) is -0.453. The van der Waals surface area contributed by atoms with E-state index in [0.29, 0.717) is 17.0 Å². The van der Waals surface area contributed by atoms with Crippen molar-refractivity contribution in [2.75, 3.05) is 18.6 Å². The maximum absolute atomic E-state index is 12.8. The molecule has 142 valence electrons. The first kappa shape index (κ1) is 19.3. The highest BCUT2D eigenvalue weighted by atomic mass is 32.2. The average molecular weight is 394 g/mol. The van der Waals surface area contributed by atoms with E-state index >= 15 is 0 Å². The van der Waals surface area contributed by atoms with Gasteiger partial charge in [-0.3, -0.25) is 4.79 Å². The Balaban J connectivity index is 1.89. The minimum atomic E-state index is -4.27. The predicted octanol–water partition coefficient (Wildman–Crippen LogP) is 4.77. The number of carbonyl (C=O) groups excluding carboxylic acids is 1. The molecule has 8 heteroatoms. The molecule has 4 nitrogen and oxygen atoms in total. The van der Waals surface area contributed by atoms with Crippen LogP contribution in [0.5, 0.6) is 5.75 Å². The molecular formula is C19H17F3N2O2S. The van der Waals surface area contributed by atoms with Crippen LogP contribution < -0.4 is 9.64 Å². The van der Waals surface area contributed by atoms with Crippen LogP contribution in [0.25, 0.3) is 0 Å². The lowest BCUT2D eigenvalue weighted by Gasteiger charge is -2.18. The minimum absolute atomic E-state index is 0.137. The number of para-hydroxylation sites is 1. The summed E-state index contributed by atoms with van der Waals surface area (Å²) in [6.07, 6.45) is -5.21. The Morgan fingerprint density at radius 3 is 2.63 bits per heavy atom. The van der Waals surface area contributed by atoms with Crippen LogP contribution in [0.1, 0.15) is 16.8 Å². The zero-order valence-electron chi connectivity index (χ0n) is 14.4. The number of benzene rings is 2. The molecule has 0 radical (unpaired) electrons. The van der Waals surface area contributed by atoms with Gasteiger partial charge in [-0.1, -0.05) is 36.0 Å². The smallest absolute Gasteiger partial charge is 0.390 e. The van der Waals surface area contributed by atoms with Gasteiger partial charge in [0.2, 0.25) is 0 Å². The highest BCUT2D eigenvalue weighted by Crippen LogP contribution is 2.37. The molecule has 0 aliphatic carbocycles. The highest BCUT2D eigenvalue weighted by molar-refractivity contribution is 8.15. The van der Waals surface area contributed by atoms with E-state index in [1.54, 1.807) is 53.4 Å². The van der Waals surface area contributed by atoms with Gasteiger partial charge in [-0.05, 0) is 30.3 Å². The van der Waals surface area contributed by atoms with E-state index in [-0.39, 0.29) is 11.7 Å². The molecule has 0 bridgehead atoms. The Hall–Kier alpha value is -2.48. The van der Waals surface area contributed by atoms with Crippen molar-refractivity contribution in [1.29, 1.82) is 0 Å². The standard InChI is InChI=1S/C19H17F3N2O2S/c1-26-15-9-5-6-13(10-15)17(25)23-18-24(14-7-3-2-4-8-14)12-16(27-18)11-19(20,21)22/h2-10,16H,11-12H2,1H3. The van der Waals surface area contributed by atoms with E-state index in [1.165, 1.54) is 7.11 Å². The second-order valence-corrected chi connectivity index (χ2v) is 7.20. The normalized spacial score (nSPS) is 18.7. The number of amides is 1. The number of rotatable bonds is 4. The van der Waals surface area contributed by atoms with Crippen LogP contribution in [0.15, 0.2) is 59.6 Å². The summed E-state index contributed by atoms with van der Waals surface area (Å²) in [5.74, 6) is -0.0139. The molecule has 1 amide bonds. The summed E-state index contributed by atoms with van der Waals surface area (Å²) in [7, 11) is 1.49. The first-order chi connectivity index (χ1) is 12.9. The number of hydrogen-bond acceptors (Lipinski definition) is 3. The molecule has 0 aromatic heterocycles. The van der Waals surface area contributed by atoms with E-state index in [0.717, 1.165) is 11.8 Å². The van der Waals surface area contributed by atoms with Crippen molar-refractivity contribution in [2.45, 2.75) is 17.8 Å². The van der Waals surface area contributed by atoms with Gasteiger partial charge in [0.1, 0.15) is 5.75 Å². The van der Waals surface area contributed by atoms with Crippen molar-refractivity contribution in [1.82, 2.24) is 0 Å². The lowest BCUT2D eigenvalue weighted by Crippen LogP contribution is -2.27. The van der Waals surface area contributed by atoms with E-state index in [9.17, 15) is 18.0 Å². The molecule has 1 fully saturated rings. The van der Waals surface area contributed by atoms with Crippen molar-refractivity contribution in [2.24, 2.45) is 4.99 Å². The van der Waals surface area contributed by atoms with Crippen molar-refractivity contribution < 1.29 is 22.7 Å². The van der Waals surface area contributed by atoms with Gasteiger partial charge in [-0.15, -0.1) is 0 Å². The van der Waals surface area contributed by atoms with Gasteiger partial charge >= 0.3 is 6.18 Å². The van der Waals surface area contributed by atoms with Gasteiger partial charge in [-0.25, -0.2) is 0 Å². The number of anilines is 1. The third kappa shape index (κ3) is 5.03. The van der Waals surface area contributed by atoms with Crippen molar-refractivity contribution in [3.63, 3.8) is 0 Å². The summed E-state index contributed by atoms with van der Waals surface area (Å²) < 4.78 is 43.6. The van der Waals surface area contributed by atoms with Crippen LogP contribution in [0.2, 0.25) is 0 Å². The Bertz CT molecular complexity index is 840. The molecule has 0 saturated carbocycles. The van der Waals surface area contributed by atoms with Crippen LogP contribution in [0.3, 0.4) is 0 Å². The SMILES string of the molecule is COc1cccc(C(=O)N=C2SC(CC(F)(F)F)CN2c2ccccc2)c1. The predicted molar refractivity (Wildman–Crippen MR) is 101 cm³/mol. The number of thioether (sulfide) groups is 1. The molecule has 0 spiro atoms. The molecule has 1 aliphatic rings. The van der Waals surface area contributed by atoms with E-state index < -0.39 is 23.8 Å². The van der Waals surface area contributed by atoms with Crippen LogP contribution in [-0.2, 0) is 0 Å². The molecule has 3 rings (SSSR count). The summed E-state index contributed by atoms with van der Waals surface area (Å²) in [6.45, 7) is 0.137. The zero-order valence-corrected chi connectivity index (χ0v) is 15.3. The number of nitrogens with zero attached hydrogens (tertiary/aromatic N) is 2. The van der Waals surface area contributed by atoms with Crippen LogP contribution in [0.4, 0.5) is 18.9 Å². The highest BCUT2D eigenvalue weighted by Gasteiger charge is 2.39. The molecule has 2 aromatic carbocycles. The van der Waals surface area contributed by atoms with Crippen molar-refractivity contribution in [3.8, 4) is 5.75 Å². The fourth-order valence-corrected chi connectivity index (χ4v) is 3.95. The fraction of sp³-hybridized carbons (Fsp3) is 0.263. The van der Waals surface area contributed by atoms with Crippen molar-refractivity contribution >= 4 is 28.5 Å². The number of halogens is 3. The molecule has 1 atom stereocenters. The van der Waals surface area contributed by atoms with E-state index in [1.807, 2.05) is 6.07 Å². The minimum Gasteiger partial charge on any atom is -0.497 e. The maximum atomic E-state index is 12.8. The third-order valence-electron chi connectivity index (χ3n) is 3.93. The molecule has 1 heterocycles. The van der Waals surface area contributed by atoms with Gasteiger partial charge < -0.3 is 9.64 Å². The summed E-state index contributed by atoms with van der Waals surface area (Å²) in [5.41, 5.74) is 1.02. The summed E-state index contributed by atoms with van der Waals surface area (Å²) in [4.78, 5) is 18.3. The molecular weight excluding hydrogens is 377 g/mol. The number of alkyl halides is 3. The monoisotopic (exact) mass is 394 g/mol. The molecule has 0 N–H and O–H groups in total. The Labute approximate surface area is 159 Å². The van der Waals surface area contributed by atoms with Gasteiger partial charge in [-0.2, -0.15) is 18.2 Å². The van der Waals surface area contributed by atoms with Gasteiger partial charge in [0.15, 0.2) is 5.17 Å². The van der Waals surface area contributed by atoms with Crippen LogP contribution >= 0.6 is 11.8 Å². The van der Waals surface area contributed by atoms with E-state index in [4.69, 9.17) is 4.74 Å². The number of carbonyl (C=O) groups is 1. The maximum Gasteiger partial charge on any atom is 0.390 e. The fourth-order valence-electron chi connectivity index (χ4n) is 2.71. The van der Waals surface area contributed by atoms with E-state index in [2.05, 4.69) is 4.99 Å². The van der Waals surface area contributed by atoms with Crippen LogP contribution in [-0.4, -0.2) is 36.2 Å². The molecule has 27 heavy (non-hydrogen) atoms. The second-order valence-electron chi connectivity index (χ2n) is 5.94. The number of ether oxygens (including phenoxy) is 1. The first-order valence-electron chi connectivity index (χ1n) is 8.19. The largest absolute Gasteiger partial charge is 0.497 e. The Morgan fingerprint density at radius 2 is 1.96 bits per heavy atom. The summed E-state index contributed by atoms with van der Waals surface area (Å²) >= 11 is 0.977. The second kappa shape index (κ2) is 8.04. The number of aliphatic imine (C=N–C) groups is 1. The van der Waals surface area contributed by atoms with Crippen LogP contribution in [0, 0.1) is 0 Å². The lowest BCUT2D eigenvalue weighted by molar-refractivity contribution is -0.133.